The molecule has 0 radical (unpaired) electrons. The van der Waals surface area contributed by atoms with Gasteiger partial charge in [-0.15, -0.1) is 5.10 Å². The van der Waals surface area contributed by atoms with Crippen LogP contribution in [0.2, 0.25) is 0 Å². The second kappa shape index (κ2) is 3.45. The Morgan fingerprint density at radius 2 is 2.43 bits per heavy atom. The number of rotatable bonds is 2. The second-order valence-electron chi connectivity index (χ2n) is 2.91. The van der Waals surface area contributed by atoms with Crippen LogP contribution in [0.3, 0.4) is 0 Å². The minimum absolute atomic E-state index is 0.374. The third-order valence-corrected chi connectivity index (χ3v) is 1.76. The van der Waals surface area contributed by atoms with Gasteiger partial charge in [0.1, 0.15) is 0 Å². The Labute approximate surface area is 80.0 Å². The average molecular weight is 191 g/mol. The van der Waals surface area contributed by atoms with E-state index in [2.05, 4.69) is 10.1 Å². The van der Waals surface area contributed by atoms with Gasteiger partial charge < -0.3 is 4.42 Å². The summed E-state index contributed by atoms with van der Waals surface area (Å²) in [6, 6.07) is 3.69. The zero-order chi connectivity index (χ0) is 9.97. The molecule has 0 unspecified atom stereocenters. The summed E-state index contributed by atoms with van der Waals surface area (Å²) in [7, 11) is 0. The van der Waals surface area contributed by atoms with Crippen LogP contribution in [0.25, 0.3) is 0 Å². The molecule has 0 bridgehead atoms. The zero-order valence-electron chi connectivity index (χ0n) is 7.67. The van der Waals surface area contributed by atoms with Crippen molar-refractivity contribution in [3.63, 3.8) is 0 Å². The molecule has 2 rings (SSSR count). The van der Waals surface area contributed by atoms with E-state index in [4.69, 9.17) is 4.42 Å². The van der Waals surface area contributed by atoms with E-state index in [1.165, 1.54) is 4.68 Å². The summed E-state index contributed by atoms with van der Waals surface area (Å²) in [5, 5.41) is 3.92. The van der Waals surface area contributed by atoms with Gasteiger partial charge in [-0.25, -0.2) is 4.79 Å². The number of hydrogen-bond donors (Lipinski definition) is 0. The van der Waals surface area contributed by atoms with Crippen LogP contribution in [0.15, 0.2) is 33.7 Å². The zero-order valence-corrected chi connectivity index (χ0v) is 7.67. The maximum Gasteiger partial charge on any atom is 0.437 e. The average Bonchev–Trinajstić information content (AvgIpc) is 2.47. The minimum atomic E-state index is -0.439. The van der Waals surface area contributed by atoms with Crippen LogP contribution in [0.5, 0.6) is 0 Å². The molecule has 2 aromatic rings. The van der Waals surface area contributed by atoms with Gasteiger partial charge in [-0.2, -0.15) is 4.68 Å². The van der Waals surface area contributed by atoms with E-state index in [1.54, 1.807) is 19.3 Å². The lowest BCUT2D eigenvalue weighted by Crippen LogP contribution is -2.16. The van der Waals surface area contributed by atoms with Crippen LogP contribution >= 0.6 is 0 Å². The van der Waals surface area contributed by atoms with Crippen molar-refractivity contribution in [3.8, 4) is 0 Å². The van der Waals surface area contributed by atoms with Crippen LogP contribution < -0.4 is 5.76 Å². The molecule has 0 aliphatic rings. The molecule has 0 spiro atoms. The van der Waals surface area contributed by atoms with Crippen molar-refractivity contribution < 1.29 is 4.42 Å². The van der Waals surface area contributed by atoms with Gasteiger partial charge in [0.2, 0.25) is 5.89 Å². The molecular weight excluding hydrogens is 182 g/mol. The van der Waals surface area contributed by atoms with Gasteiger partial charge >= 0.3 is 5.76 Å². The van der Waals surface area contributed by atoms with Gasteiger partial charge in [-0.3, -0.25) is 4.98 Å². The summed E-state index contributed by atoms with van der Waals surface area (Å²) >= 11 is 0. The highest BCUT2D eigenvalue weighted by Crippen LogP contribution is 1.97. The molecule has 2 aromatic heterocycles. The highest BCUT2D eigenvalue weighted by Gasteiger charge is 2.03. The first-order chi connectivity index (χ1) is 6.75. The lowest BCUT2D eigenvalue weighted by Gasteiger charge is -1.96. The first kappa shape index (κ1) is 8.68. The van der Waals surface area contributed by atoms with Crippen LogP contribution in [-0.4, -0.2) is 14.8 Å². The summed E-state index contributed by atoms with van der Waals surface area (Å²) < 4.78 is 6.03. The van der Waals surface area contributed by atoms with Gasteiger partial charge in [0.15, 0.2) is 0 Å². The maximum atomic E-state index is 11.2. The number of aromatic nitrogens is 3. The second-order valence-corrected chi connectivity index (χ2v) is 2.91. The normalized spacial score (nSPS) is 10.4. The first-order valence-corrected chi connectivity index (χ1v) is 4.19. The van der Waals surface area contributed by atoms with E-state index in [1.807, 2.05) is 12.1 Å². The molecule has 0 atom stereocenters. The molecule has 0 aliphatic carbocycles. The maximum absolute atomic E-state index is 11.2. The molecule has 5 heteroatoms. The first-order valence-electron chi connectivity index (χ1n) is 4.19. The largest absolute Gasteiger partial charge is 0.437 e. The number of aryl methyl sites for hydroxylation is 1. The highest BCUT2D eigenvalue weighted by atomic mass is 16.4. The van der Waals surface area contributed by atoms with Crippen molar-refractivity contribution in [2.24, 2.45) is 0 Å². The fourth-order valence-corrected chi connectivity index (χ4v) is 1.17. The van der Waals surface area contributed by atoms with E-state index < -0.39 is 5.76 Å². The van der Waals surface area contributed by atoms with E-state index in [9.17, 15) is 4.79 Å². The molecule has 0 fully saturated rings. The quantitative estimate of drug-likeness (QED) is 0.696. The van der Waals surface area contributed by atoms with E-state index >= 15 is 0 Å². The summed E-state index contributed by atoms with van der Waals surface area (Å²) in [5.41, 5.74) is 0.919. The molecule has 0 saturated heterocycles. The lowest BCUT2D eigenvalue weighted by molar-refractivity contribution is 0.466. The van der Waals surface area contributed by atoms with E-state index in [-0.39, 0.29) is 0 Å². The number of nitrogens with zero attached hydrogens (tertiary/aromatic N) is 3. The van der Waals surface area contributed by atoms with Crippen LogP contribution in [-0.2, 0) is 6.54 Å². The van der Waals surface area contributed by atoms with Gasteiger partial charge in [0.25, 0.3) is 0 Å². The molecule has 2 heterocycles. The van der Waals surface area contributed by atoms with Crippen molar-refractivity contribution in [1.82, 2.24) is 14.8 Å². The van der Waals surface area contributed by atoms with Gasteiger partial charge in [0.05, 0.1) is 6.54 Å². The Hall–Kier alpha value is -1.91. The Bertz CT molecular complexity index is 472. The van der Waals surface area contributed by atoms with Gasteiger partial charge in [-0.1, -0.05) is 6.07 Å². The van der Waals surface area contributed by atoms with E-state index in [0.717, 1.165) is 5.56 Å². The molecule has 0 aromatic carbocycles. The minimum Gasteiger partial charge on any atom is -0.393 e. The third kappa shape index (κ3) is 1.71. The molecule has 72 valence electrons. The van der Waals surface area contributed by atoms with Crippen molar-refractivity contribution in [1.29, 1.82) is 0 Å². The summed E-state index contributed by atoms with van der Waals surface area (Å²) in [6.45, 7) is 2.03. The Kier molecular flexibility index (Phi) is 2.14. The van der Waals surface area contributed by atoms with Crippen molar-refractivity contribution >= 4 is 0 Å². The standard InChI is InChI=1S/C9H9N3O2/c1-7-11-12(9(13)14-7)6-8-3-2-4-10-5-8/h2-5H,6H2,1H3. The molecular formula is C9H9N3O2. The summed E-state index contributed by atoms with van der Waals surface area (Å²) in [6.07, 6.45) is 3.37. The monoisotopic (exact) mass is 191 g/mol. The van der Waals surface area contributed by atoms with Gasteiger partial charge in [0, 0.05) is 19.3 Å². The Balaban J connectivity index is 2.28. The Morgan fingerprint density at radius 1 is 1.57 bits per heavy atom. The fourth-order valence-electron chi connectivity index (χ4n) is 1.17. The third-order valence-electron chi connectivity index (χ3n) is 1.76. The summed E-state index contributed by atoms with van der Waals surface area (Å²) in [5.74, 6) is -0.0646. The lowest BCUT2D eigenvalue weighted by atomic mass is 10.3. The Morgan fingerprint density at radius 3 is 3.00 bits per heavy atom. The highest BCUT2D eigenvalue weighted by molar-refractivity contribution is 5.08. The SMILES string of the molecule is Cc1nn(Cc2cccnc2)c(=O)o1. The topological polar surface area (TPSA) is 60.9 Å². The summed E-state index contributed by atoms with van der Waals surface area (Å²) in [4.78, 5) is 15.1. The molecule has 14 heavy (non-hydrogen) atoms. The van der Waals surface area contributed by atoms with Crippen LogP contribution in [0.4, 0.5) is 0 Å². The molecule has 0 saturated carbocycles. The molecule has 0 aliphatic heterocycles. The number of hydrogen-bond acceptors (Lipinski definition) is 4. The van der Waals surface area contributed by atoms with Crippen LogP contribution in [0.1, 0.15) is 11.5 Å². The number of pyridine rings is 1. The predicted molar refractivity (Wildman–Crippen MR) is 48.8 cm³/mol. The van der Waals surface area contributed by atoms with Crippen molar-refractivity contribution in [2.45, 2.75) is 13.5 Å². The predicted octanol–water partition coefficient (Wildman–Crippen LogP) is 0.588. The smallest absolute Gasteiger partial charge is 0.393 e. The van der Waals surface area contributed by atoms with E-state index in [0.29, 0.717) is 12.4 Å². The molecule has 0 amide bonds. The molecule has 5 nitrogen and oxygen atoms in total. The van der Waals surface area contributed by atoms with Crippen LogP contribution in [0, 0.1) is 6.92 Å². The van der Waals surface area contributed by atoms with Gasteiger partial charge in [-0.05, 0) is 11.6 Å². The van der Waals surface area contributed by atoms with Crippen molar-refractivity contribution in [2.75, 3.05) is 0 Å². The van der Waals surface area contributed by atoms with Crippen molar-refractivity contribution in [3.05, 3.63) is 46.5 Å². The fraction of sp³-hybridized carbons (Fsp3) is 0.222. The molecule has 0 N–H and O–H groups in total.